The van der Waals surface area contributed by atoms with Gasteiger partial charge in [0.1, 0.15) is 0 Å². The first-order valence-electron chi connectivity index (χ1n) is 7.99. The molecule has 2 amide bonds. The molecule has 0 radical (unpaired) electrons. The Kier molecular flexibility index (Phi) is 8.42. The number of hydrogen-bond donors (Lipinski definition) is 2. The minimum Gasteiger partial charge on any atom is -0.355 e. The monoisotopic (exact) mass is 336 g/mol. The zero-order valence-corrected chi connectivity index (χ0v) is 14.1. The lowest BCUT2D eigenvalue weighted by Crippen LogP contribution is -2.36. The van der Waals surface area contributed by atoms with E-state index in [4.69, 9.17) is 0 Å². The van der Waals surface area contributed by atoms with Crippen LogP contribution in [0.3, 0.4) is 0 Å². The van der Waals surface area contributed by atoms with Crippen LogP contribution in [0.15, 0.2) is 24.3 Å². The Hall–Kier alpha value is -2.48. The molecule has 1 rings (SSSR count). The normalized spacial score (nSPS) is 10.5. The van der Waals surface area contributed by atoms with Gasteiger partial charge in [-0.2, -0.15) is 0 Å². The molecule has 8 heteroatoms. The molecule has 1 aromatic rings. The maximum atomic E-state index is 11.9. The van der Waals surface area contributed by atoms with Crippen molar-refractivity contribution in [3.05, 3.63) is 39.9 Å². The number of non-ortho nitro benzene ring substituents is 1. The molecule has 0 atom stereocenters. The summed E-state index contributed by atoms with van der Waals surface area (Å²) in [6.07, 6.45) is 0.191. The first kappa shape index (κ1) is 19.6. The number of amides is 2. The van der Waals surface area contributed by atoms with Crippen molar-refractivity contribution in [1.29, 1.82) is 0 Å². The van der Waals surface area contributed by atoms with Crippen LogP contribution in [-0.2, 0) is 4.79 Å². The largest absolute Gasteiger partial charge is 0.355 e. The van der Waals surface area contributed by atoms with Gasteiger partial charge in [-0.25, -0.2) is 0 Å². The molecule has 0 unspecified atom stereocenters. The Balaban J connectivity index is 2.27. The maximum absolute atomic E-state index is 11.9. The highest BCUT2D eigenvalue weighted by molar-refractivity contribution is 5.94. The van der Waals surface area contributed by atoms with Gasteiger partial charge in [0.2, 0.25) is 5.91 Å². The number of hydrogen-bond acceptors (Lipinski definition) is 5. The summed E-state index contributed by atoms with van der Waals surface area (Å²) in [6.45, 7) is 7.62. The van der Waals surface area contributed by atoms with Crippen molar-refractivity contribution < 1.29 is 14.5 Å². The van der Waals surface area contributed by atoms with E-state index >= 15 is 0 Å². The number of nitrogens with one attached hydrogen (secondary N) is 2. The van der Waals surface area contributed by atoms with Gasteiger partial charge in [0.25, 0.3) is 11.6 Å². The van der Waals surface area contributed by atoms with Crippen molar-refractivity contribution >= 4 is 17.5 Å². The quantitative estimate of drug-likeness (QED) is 0.493. The fourth-order valence-electron chi connectivity index (χ4n) is 2.11. The van der Waals surface area contributed by atoms with Crippen molar-refractivity contribution in [2.75, 3.05) is 32.7 Å². The number of nitrogens with zero attached hydrogens (tertiary/aromatic N) is 2. The van der Waals surface area contributed by atoms with E-state index in [0.29, 0.717) is 12.1 Å². The highest BCUT2D eigenvalue weighted by atomic mass is 16.6. The van der Waals surface area contributed by atoms with Crippen molar-refractivity contribution in [1.82, 2.24) is 15.5 Å². The zero-order valence-electron chi connectivity index (χ0n) is 14.1. The molecule has 24 heavy (non-hydrogen) atoms. The predicted octanol–water partition coefficient (Wildman–Crippen LogP) is 1.17. The molecule has 132 valence electrons. The average molecular weight is 336 g/mol. The number of likely N-dealkylation sites (N-methyl/N-ethyl adjacent to an activating group) is 1. The molecule has 8 nitrogen and oxygen atoms in total. The molecule has 0 saturated carbocycles. The van der Waals surface area contributed by atoms with E-state index in [2.05, 4.69) is 29.4 Å². The molecule has 0 saturated heterocycles. The lowest BCUT2D eigenvalue weighted by Gasteiger charge is -2.17. The van der Waals surface area contributed by atoms with Crippen LogP contribution < -0.4 is 10.6 Å². The second kappa shape index (κ2) is 10.3. The smallest absolute Gasteiger partial charge is 0.269 e. The van der Waals surface area contributed by atoms with E-state index in [9.17, 15) is 19.7 Å². The summed E-state index contributed by atoms with van der Waals surface area (Å²) < 4.78 is 0. The number of nitro groups is 1. The molecule has 0 fully saturated rings. The summed E-state index contributed by atoms with van der Waals surface area (Å²) in [4.78, 5) is 35.8. The van der Waals surface area contributed by atoms with Gasteiger partial charge in [-0.05, 0) is 25.2 Å². The molecule has 0 spiro atoms. The fraction of sp³-hybridized carbons (Fsp3) is 0.500. The Morgan fingerprint density at radius 3 is 2.25 bits per heavy atom. The maximum Gasteiger partial charge on any atom is 0.269 e. The van der Waals surface area contributed by atoms with Gasteiger partial charge in [0, 0.05) is 43.8 Å². The van der Waals surface area contributed by atoms with Gasteiger partial charge in [-0.1, -0.05) is 13.8 Å². The highest BCUT2D eigenvalue weighted by Gasteiger charge is 2.10. The Morgan fingerprint density at radius 1 is 1.08 bits per heavy atom. The molecular formula is C16H24N4O4. The van der Waals surface area contributed by atoms with E-state index in [-0.39, 0.29) is 30.5 Å². The third-order valence-electron chi connectivity index (χ3n) is 3.62. The van der Waals surface area contributed by atoms with Crippen LogP contribution in [-0.4, -0.2) is 54.4 Å². The summed E-state index contributed by atoms with van der Waals surface area (Å²) in [5.74, 6) is -0.480. The summed E-state index contributed by atoms with van der Waals surface area (Å²) in [7, 11) is 0. The van der Waals surface area contributed by atoms with E-state index in [0.717, 1.165) is 19.6 Å². The van der Waals surface area contributed by atoms with Gasteiger partial charge in [-0.3, -0.25) is 19.7 Å². The molecule has 0 aliphatic heterocycles. The van der Waals surface area contributed by atoms with Crippen LogP contribution in [0.4, 0.5) is 5.69 Å². The molecule has 1 aromatic carbocycles. The topological polar surface area (TPSA) is 105 Å². The van der Waals surface area contributed by atoms with Gasteiger partial charge in [0.05, 0.1) is 4.92 Å². The van der Waals surface area contributed by atoms with Crippen molar-refractivity contribution in [2.45, 2.75) is 20.3 Å². The summed E-state index contributed by atoms with van der Waals surface area (Å²) >= 11 is 0. The standard InChI is InChI=1S/C16H24N4O4/c1-3-19(4-2)12-11-17-15(21)9-10-18-16(22)13-5-7-14(8-6-13)20(23)24/h5-8H,3-4,9-12H2,1-2H3,(H,17,21)(H,18,22). The Labute approximate surface area is 141 Å². The molecule has 2 N–H and O–H groups in total. The average Bonchev–Trinajstić information content (AvgIpc) is 2.58. The Bertz CT molecular complexity index is 556. The lowest BCUT2D eigenvalue weighted by molar-refractivity contribution is -0.384. The first-order chi connectivity index (χ1) is 11.5. The van der Waals surface area contributed by atoms with E-state index < -0.39 is 4.92 Å². The third kappa shape index (κ3) is 6.74. The Morgan fingerprint density at radius 2 is 1.71 bits per heavy atom. The van der Waals surface area contributed by atoms with Crippen LogP contribution in [0.2, 0.25) is 0 Å². The van der Waals surface area contributed by atoms with Gasteiger partial charge >= 0.3 is 0 Å². The molecule has 0 aromatic heterocycles. The SMILES string of the molecule is CCN(CC)CCNC(=O)CCNC(=O)c1ccc([N+](=O)[O-])cc1. The van der Waals surface area contributed by atoms with E-state index in [1.807, 2.05) is 0 Å². The summed E-state index contributed by atoms with van der Waals surface area (Å²) in [5.41, 5.74) is 0.252. The van der Waals surface area contributed by atoms with Crippen LogP contribution in [0.25, 0.3) is 0 Å². The zero-order chi connectivity index (χ0) is 17.9. The lowest BCUT2D eigenvalue weighted by atomic mass is 10.2. The first-order valence-corrected chi connectivity index (χ1v) is 7.99. The van der Waals surface area contributed by atoms with Gasteiger partial charge in [-0.15, -0.1) is 0 Å². The van der Waals surface area contributed by atoms with E-state index in [1.165, 1.54) is 24.3 Å². The molecular weight excluding hydrogens is 312 g/mol. The van der Waals surface area contributed by atoms with Gasteiger partial charge < -0.3 is 15.5 Å². The van der Waals surface area contributed by atoms with Crippen LogP contribution in [0, 0.1) is 10.1 Å². The van der Waals surface area contributed by atoms with E-state index in [1.54, 1.807) is 0 Å². The molecule has 0 aliphatic carbocycles. The number of nitro benzene ring substituents is 1. The number of rotatable bonds is 10. The van der Waals surface area contributed by atoms with Crippen LogP contribution in [0.1, 0.15) is 30.6 Å². The predicted molar refractivity (Wildman–Crippen MR) is 90.8 cm³/mol. The highest BCUT2D eigenvalue weighted by Crippen LogP contribution is 2.11. The second-order valence-corrected chi connectivity index (χ2v) is 5.19. The molecule has 0 bridgehead atoms. The summed E-state index contributed by atoms with van der Waals surface area (Å²) in [6, 6.07) is 5.32. The number of carbonyl (C=O) groups excluding carboxylic acids is 2. The minimum absolute atomic E-state index is 0.0702. The molecule has 0 heterocycles. The van der Waals surface area contributed by atoms with Gasteiger partial charge in [0.15, 0.2) is 0 Å². The number of carbonyl (C=O) groups is 2. The number of benzene rings is 1. The third-order valence-corrected chi connectivity index (χ3v) is 3.62. The fourth-order valence-corrected chi connectivity index (χ4v) is 2.11. The minimum atomic E-state index is -0.524. The van der Waals surface area contributed by atoms with Crippen LogP contribution in [0.5, 0.6) is 0 Å². The van der Waals surface area contributed by atoms with Crippen molar-refractivity contribution in [3.63, 3.8) is 0 Å². The second-order valence-electron chi connectivity index (χ2n) is 5.19. The van der Waals surface area contributed by atoms with Crippen molar-refractivity contribution in [2.24, 2.45) is 0 Å². The summed E-state index contributed by atoms with van der Waals surface area (Å²) in [5, 5.41) is 16.0. The van der Waals surface area contributed by atoms with Crippen LogP contribution >= 0.6 is 0 Å². The van der Waals surface area contributed by atoms with Crippen molar-refractivity contribution in [3.8, 4) is 0 Å². The molecule has 0 aliphatic rings.